The number of ether oxygens (including phenoxy) is 1. The van der Waals surface area contributed by atoms with E-state index < -0.39 is 0 Å². The van der Waals surface area contributed by atoms with Crippen LogP contribution in [0.15, 0.2) is 53.0 Å². The Morgan fingerprint density at radius 1 is 1.20 bits per heavy atom. The molecule has 0 bridgehead atoms. The molecule has 0 saturated carbocycles. The van der Waals surface area contributed by atoms with Gasteiger partial charge >= 0.3 is 0 Å². The Kier molecular flexibility index (Phi) is 7.95. The van der Waals surface area contributed by atoms with Crippen LogP contribution in [0.4, 0.5) is 0 Å². The fourth-order valence-corrected chi connectivity index (χ4v) is 3.18. The van der Waals surface area contributed by atoms with Crippen molar-refractivity contribution in [2.45, 2.75) is 19.4 Å². The molecule has 2 aromatic carbocycles. The monoisotopic (exact) mass is 405 g/mol. The van der Waals surface area contributed by atoms with Crippen LogP contribution in [0, 0.1) is 0 Å². The van der Waals surface area contributed by atoms with Crippen molar-refractivity contribution in [1.29, 1.82) is 0 Å². The number of methoxy groups -OCH3 is 1. The van der Waals surface area contributed by atoms with E-state index in [1.807, 2.05) is 43.4 Å². The van der Waals surface area contributed by atoms with Gasteiger partial charge < -0.3 is 15.0 Å². The summed E-state index contributed by atoms with van der Waals surface area (Å²) < 4.78 is 6.41. The first-order chi connectivity index (χ1) is 12.1. The molecule has 0 aliphatic carbocycles. The van der Waals surface area contributed by atoms with Gasteiger partial charge in [0.2, 0.25) is 0 Å². The van der Waals surface area contributed by atoms with Crippen LogP contribution >= 0.6 is 15.9 Å². The van der Waals surface area contributed by atoms with Gasteiger partial charge in [0.1, 0.15) is 12.3 Å². The predicted molar refractivity (Wildman–Crippen MR) is 104 cm³/mol. The number of amides is 1. The number of benzene rings is 2. The van der Waals surface area contributed by atoms with Crippen molar-refractivity contribution in [3.63, 3.8) is 0 Å². The van der Waals surface area contributed by atoms with Crippen molar-refractivity contribution in [2.75, 3.05) is 27.2 Å². The Labute approximate surface area is 158 Å². The van der Waals surface area contributed by atoms with Gasteiger partial charge in [-0.05, 0) is 36.6 Å². The van der Waals surface area contributed by atoms with Crippen LogP contribution in [0.25, 0.3) is 0 Å². The van der Waals surface area contributed by atoms with Gasteiger partial charge in [-0.25, -0.2) is 0 Å². The lowest BCUT2D eigenvalue weighted by Crippen LogP contribution is -3.08. The summed E-state index contributed by atoms with van der Waals surface area (Å²) in [5.74, 6) is 0.936. The molecule has 0 heterocycles. The Bertz CT molecular complexity index is 677. The molecule has 2 rings (SSSR count). The van der Waals surface area contributed by atoms with E-state index in [1.165, 1.54) is 5.56 Å². The normalized spacial score (nSPS) is 11.8. The van der Waals surface area contributed by atoms with E-state index >= 15 is 0 Å². The average molecular weight is 406 g/mol. The fraction of sp³-hybridized carbons (Fsp3) is 0.350. The number of hydrogen-bond donors (Lipinski definition) is 2. The molecule has 0 aliphatic rings. The lowest BCUT2D eigenvalue weighted by molar-refractivity contribution is -0.885. The Morgan fingerprint density at radius 2 is 1.96 bits per heavy atom. The SMILES string of the molecule is COc1ccc(Br)cc1C[NH+](C)CC(=O)NCCCc1ccccc1. The number of aryl methyl sites for hydroxylation is 1. The van der Waals surface area contributed by atoms with Gasteiger partial charge in [0.05, 0.1) is 14.2 Å². The van der Waals surface area contributed by atoms with Gasteiger partial charge in [-0.15, -0.1) is 0 Å². The molecule has 25 heavy (non-hydrogen) atoms. The molecular formula is C20H26BrN2O2+. The van der Waals surface area contributed by atoms with Crippen LogP contribution < -0.4 is 15.0 Å². The van der Waals surface area contributed by atoms with E-state index in [2.05, 4.69) is 33.4 Å². The highest BCUT2D eigenvalue weighted by Gasteiger charge is 2.13. The summed E-state index contributed by atoms with van der Waals surface area (Å²) in [6, 6.07) is 16.3. The number of carbonyl (C=O) groups is 1. The summed E-state index contributed by atoms with van der Waals surface area (Å²) in [4.78, 5) is 13.2. The Morgan fingerprint density at radius 3 is 2.68 bits per heavy atom. The summed E-state index contributed by atoms with van der Waals surface area (Å²) in [5.41, 5.74) is 2.40. The minimum atomic E-state index is 0.0829. The van der Waals surface area contributed by atoms with Crippen LogP contribution in [-0.4, -0.2) is 33.2 Å². The molecular weight excluding hydrogens is 380 g/mol. The molecule has 0 aliphatic heterocycles. The maximum absolute atomic E-state index is 12.1. The molecule has 5 heteroatoms. The van der Waals surface area contributed by atoms with Gasteiger partial charge in [-0.1, -0.05) is 46.3 Å². The van der Waals surface area contributed by atoms with E-state index in [0.29, 0.717) is 13.1 Å². The quantitative estimate of drug-likeness (QED) is 0.628. The van der Waals surface area contributed by atoms with Crippen LogP contribution in [0.1, 0.15) is 17.5 Å². The standard InChI is InChI=1S/C20H25BrN2O2/c1-23(14-17-13-18(21)10-11-19(17)25-2)15-20(24)22-12-6-9-16-7-4-3-5-8-16/h3-5,7-8,10-11,13H,6,9,12,14-15H2,1-2H3,(H,22,24)/p+1. The molecule has 0 aromatic heterocycles. The first kappa shape index (κ1) is 19.5. The number of quaternary nitrogens is 1. The van der Waals surface area contributed by atoms with E-state index in [0.717, 1.165) is 40.1 Å². The maximum atomic E-state index is 12.1. The Balaban J connectivity index is 1.72. The molecule has 2 aromatic rings. The van der Waals surface area contributed by atoms with Gasteiger partial charge in [0.15, 0.2) is 6.54 Å². The summed E-state index contributed by atoms with van der Waals surface area (Å²) in [7, 11) is 3.69. The van der Waals surface area contributed by atoms with Crippen molar-refractivity contribution in [1.82, 2.24) is 5.32 Å². The van der Waals surface area contributed by atoms with Crippen molar-refractivity contribution in [2.24, 2.45) is 0 Å². The highest BCUT2D eigenvalue weighted by atomic mass is 79.9. The molecule has 134 valence electrons. The minimum Gasteiger partial charge on any atom is -0.496 e. The summed E-state index contributed by atoms with van der Waals surface area (Å²) in [5, 5.41) is 3.01. The van der Waals surface area contributed by atoms with Crippen molar-refractivity contribution < 1.29 is 14.4 Å². The maximum Gasteiger partial charge on any atom is 0.275 e. The molecule has 2 N–H and O–H groups in total. The van der Waals surface area contributed by atoms with E-state index in [9.17, 15) is 4.79 Å². The average Bonchev–Trinajstić information content (AvgIpc) is 2.60. The van der Waals surface area contributed by atoms with Crippen molar-refractivity contribution in [3.8, 4) is 5.75 Å². The van der Waals surface area contributed by atoms with Crippen molar-refractivity contribution >= 4 is 21.8 Å². The third-order valence-electron chi connectivity index (χ3n) is 4.00. The second kappa shape index (κ2) is 10.2. The zero-order valence-electron chi connectivity index (χ0n) is 14.8. The molecule has 1 atom stereocenters. The van der Waals surface area contributed by atoms with Crippen LogP contribution in [0.5, 0.6) is 5.75 Å². The molecule has 4 nitrogen and oxygen atoms in total. The number of halogens is 1. The molecule has 0 fully saturated rings. The topological polar surface area (TPSA) is 42.8 Å². The second-order valence-corrected chi connectivity index (χ2v) is 7.12. The van der Waals surface area contributed by atoms with Gasteiger partial charge in [0.25, 0.3) is 5.91 Å². The minimum absolute atomic E-state index is 0.0829. The van der Waals surface area contributed by atoms with Crippen molar-refractivity contribution in [3.05, 3.63) is 64.1 Å². The van der Waals surface area contributed by atoms with Crippen LogP contribution in [0.3, 0.4) is 0 Å². The molecule has 0 spiro atoms. The molecule has 0 radical (unpaired) electrons. The number of likely N-dealkylation sites (N-methyl/N-ethyl adjacent to an activating group) is 1. The summed E-state index contributed by atoms with van der Waals surface area (Å²) in [6.07, 6.45) is 1.94. The second-order valence-electron chi connectivity index (χ2n) is 6.21. The van der Waals surface area contributed by atoms with E-state index in [1.54, 1.807) is 7.11 Å². The predicted octanol–water partition coefficient (Wildman–Crippen LogP) is 2.22. The summed E-state index contributed by atoms with van der Waals surface area (Å²) >= 11 is 3.48. The van der Waals surface area contributed by atoms with E-state index in [4.69, 9.17) is 4.74 Å². The largest absolute Gasteiger partial charge is 0.496 e. The van der Waals surface area contributed by atoms with E-state index in [-0.39, 0.29) is 5.91 Å². The highest BCUT2D eigenvalue weighted by molar-refractivity contribution is 9.10. The number of hydrogen-bond acceptors (Lipinski definition) is 2. The first-order valence-corrected chi connectivity index (χ1v) is 9.32. The zero-order chi connectivity index (χ0) is 18.1. The van der Waals surface area contributed by atoms with Gasteiger partial charge in [-0.2, -0.15) is 0 Å². The van der Waals surface area contributed by atoms with Crippen LogP contribution in [-0.2, 0) is 17.8 Å². The molecule has 1 amide bonds. The van der Waals surface area contributed by atoms with Gasteiger partial charge in [0, 0.05) is 16.6 Å². The third-order valence-corrected chi connectivity index (χ3v) is 4.50. The third kappa shape index (κ3) is 6.88. The number of carbonyl (C=O) groups excluding carboxylic acids is 1. The molecule has 1 unspecified atom stereocenters. The highest BCUT2D eigenvalue weighted by Crippen LogP contribution is 2.22. The smallest absolute Gasteiger partial charge is 0.275 e. The lowest BCUT2D eigenvalue weighted by Gasteiger charge is -2.16. The Hall–Kier alpha value is -1.85. The number of rotatable bonds is 9. The zero-order valence-corrected chi connectivity index (χ0v) is 16.4. The lowest BCUT2D eigenvalue weighted by atomic mass is 10.1. The fourth-order valence-electron chi connectivity index (χ4n) is 2.77. The summed E-state index contributed by atoms with van der Waals surface area (Å²) in [6.45, 7) is 1.89. The molecule has 0 saturated heterocycles. The number of nitrogens with one attached hydrogen (secondary N) is 2. The van der Waals surface area contributed by atoms with Crippen LogP contribution in [0.2, 0.25) is 0 Å². The van der Waals surface area contributed by atoms with Gasteiger partial charge in [-0.3, -0.25) is 4.79 Å². The first-order valence-electron chi connectivity index (χ1n) is 8.53.